The summed E-state index contributed by atoms with van der Waals surface area (Å²) < 4.78 is 27.3. The van der Waals surface area contributed by atoms with Crippen LogP contribution in [0.15, 0.2) is 18.2 Å². The predicted molar refractivity (Wildman–Crippen MR) is 79.6 cm³/mol. The molecule has 0 aliphatic carbocycles. The highest BCUT2D eigenvalue weighted by Crippen LogP contribution is 2.29. The van der Waals surface area contributed by atoms with E-state index in [2.05, 4.69) is 33.0 Å². The van der Waals surface area contributed by atoms with Crippen LogP contribution in [-0.4, -0.2) is 17.0 Å². The number of hydrogen-bond acceptors (Lipinski definition) is 2. The fraction of sp³-hybridized carbons (Fsp3) is 0.600. The molecule has 0 aromatic heterocycles. The summed E-state index contributed by atoms with van der Waals surface area (Å²) in [4.78, 5) is 0. The van der Waals surface area contributed by atoms with Gasteiger partial charge in [-0.15, -0.1) is 0 Å². The van der Waals surface area contributed by atoms with Crippen molar-refractivity contribution >= 4 is 11.8 Å². The van der Waals surface area contributed by atoms with Crippen molar-refractivity contribution in [2.45, 2.75) is 44.9 Å². The standard InChI is InChI=1S/C15H23F2NS/c1-5-9-18-13(10-19-15(2,3)4)11-7-6-8-12(16)14(11)17/h6-8,13,18H,5,9-10H2,1-4H3. The van der Waals surface area contributed by atoms with Crippen LogP contribution in [0.25, 0.3) is 0 Å². The first-order valence-corrected chi connectivity index (χ1v) is 7.65. The normalized spacial score (nSPS) is 13.6. The largest absolute Gasteiger partial charge is 0.309 e. The zero-order valence-electron chi connectivity index (χ0n) is 12.1. The van der Waals surface area contributed by atoms with Gasteiger partial charge in [-0.3, -0.25) is 0 Å². The molecular weight excluding hydrogens is 264 g/mol. The van der Waals surface area contributed by atoms with Crippen LogP contribution < -0.4 is 5.32 Å². The molecule has 0 aliphatic rings. The van der Waals surface area contributed by atoms with Crippen LogP contribution in [0.5, 0.6) is 0 Å². The van der Waals surface area contributed by atoms with Crippen molar-refractivity contribution in [3.8, 4) is 0 Å². The maximum absolute atomic E-state index is 13.9. The van der Waals surface area contributed by atoms with Crippen molar-refractivity contribution in [3.63, 3.8) is 0 Å². The molecule has 0 saturated carbocycles. The van der Waals surface area contributed by atoms with Crippen LogP contribution in [-0.2, 0) is 0 Å². The summed E-state index contributed by atoms with van der Waals surface area (Å²) in [6, 6.07) is 4.23. The van der Waals surface area contributed by atoms with Gasteiger partial charge in [0.15, 0.2) is 11.6 Å². The maximum Gasteiger partial charge on any atom is 0.163 e. The van der Waals surface area contributed by atoms with E-state index in [0.29, 0.717) is 5.56 Å². The highest BCUT2D eigenvalue weighted by Gasteiger charge is 2.20. The van der Waals surface area contributed by atoms with Crippen LogP contribution in [0, 0.1) is 11.6 Å². The Morgan fingerprint density at radius 3 is 2.53 bits per heavy atom. The van der Waals surface area contributed by atoms with E-state index >= 15 is 0 Å². The molecule has 1 nitrogen and oxygen atoms in total. The van der Waals surface area contributed by atoms with E-state index in [0.717, 1.165) is 24.8 Å². The third-order valence-electron chi connectivity index (χ3n) is 2.68. The quantitative estimate of drug-likeness (QED) is 0.824. The summed E-state index contributed by atoms with van der Waals surface area (Å²) in [5.74, 6) is -0.781. The van der Waals surface area contributed by atoms with E-state index in [4.69, 9.17) is 0 Å². The van der Waals surface area contributed by atoms with Gasteiger partial charge in [0.2, 0.25) is 0 Å². The molecule has 4 heteroatoms. The number of halogens is 2. The first-order chi connectivity index (χ1) is 8.85. The van der Waals surface area contributed by atoms with Crippen molar-refractivity contribution in [3.05, 3.63) is 35.4 Å². The highest BCUT2D eigenvalue weighted by atomic mass is 32.2. The minimum absolute atomic E-state index is 0.107. The Labute approximate surface area is 119 Å². The molecule has 0 amide bonds. The highest BCUT2D eigenvalue weighted by molar-refractivity contribution is 8.00. The maximum atomic E-state index is 13.9. The van der Waals surface area contributed by atoms with Gasteiger partial charge in [-0.2, -0.15) is 11.8 Å². The Kier molecular flexibility index (Phi) is 6.27. The lowest BCUT2D eigenvalue weighted by molar-refractivity contribution is 0.474. The van der Waals surface area contributed by atoms with Crippen LogP contribution >= 0.6 is 11.8 Å². The van der Waals surface area contributed by atoms with E-state index < -0.39 is 11.6 Å². The molecular formula is C15H23F2NS. The third kappa shape index (κ3) is 5.49. The molecule has 1 aromatic rings. The minimum Gasteiger partial charge on any atom is -0.309 e. The van der Waals surface area contributed by atoms with Gasteiger partial charge in [0.05, 0.1) is 0 Å². The molecule has 1 unspecified atom stereocenters. The van der Waals surface area contributed by atoms with E-state index in [9.17, 15) is 8.78 Å². The number of benzene rings is 1. The molecule has 0 saturated heterocycles. The second-order valence-electron chi connectivity index (χ2n) is 5.57. The Balaban J connectivity index is 2.86. The van der Waals surface area contributed by atoms with Crippen molar-refractivity contribution in [2.75, 3.05) is 12.3 Å². The van der Waals surface area contributed by atoms with Crippen molar-refractivity contribution in [1.29, 1.82) is 0 Å². The molecule has 1 N–H and O–H groups in total. The van der Waals surface area contributed by atoms with Gasteiger partial charge in [-0.05, 0) is 19.0 Å². The summed E-state index contributed by atoms with van der Waals surface area (Å²) in [6.07, 6.45) is 0.966. The smallest absolute Gasteiger partial charge is 0.163 e. The first-order valence-electron chi connectivity index (χ1n) is 6.66. The van der Waals surface area contributed by atoms with Crippen LogP contribution in [0.2, 0.25) is 0 Å². The van der Waals surface area contributed by atoms with E-state index in [1.54, 1.807) is 23.9 Å². The van der Waals surface area contributed by atoms with E-state index in [1.807, 2.05) is 0 Å². The lowest BCUT2D eigenvalue weighted by Crippen LogP contribution is -2.27. The molecule has 19 heavy (non-hydrogen) atoms. The lowest BCUT2D eigenvalue weighted by Gasteiger charge is -2.24. The zero-order valence-corrected chi connectivity index (χ0v) is 12.9. The number of nitrogens with one attached hydrogen (secondary N) is 1. The molecule has 108 valence electrons. The number of rotatable bonds is 6. The molecule has 0 bridgehead atoms. The van der Waals surface area contributed by atoms with Gasteiger partial charge in [0.1, 0.15) is 0 Å². The summed E-state index contributed by atoms with van der Waals surface area (Å²) in [5.41, 5.74) is 0.421. The topological polar surface area (TPSA) is 12.0 Å². The molecule has 0 aliphatic heterocycles. The van der Waals surface area contributed by atoms with Gasteiger partial charge < -0.3 is 5.32 Å². The second-order valence-corrected chi connectivity index (χ2v) is 7.42. The number of hydrogen-bond donors (Lipinski definition) is 1. The SMILES string of the molecule is CCCNC(CSC(C)(C)C)c1cccc(F)c1F. The van der Waals surface area contributed by atoms with Crippen molar-refractivity contribution in [1.82, 2.24) is 5.32 Å². The van der Waals surface area contributed by atoms with Crippen molar-refractivity contribution < 1.29 is 8.78 Å². The lowest BCUT2D eigenvalue weighted by atomic mass is 10.1. The molecule has 0 spiro atoms. The zero-order chi connectivity index (χ0) is 14.5. The summed E-state index contributed by atoms with van der Waals surface area (Å²) in [5, 5.41) is 3.30. The molecule has 0 fully saturated rings. The minimum atomic E-state index is -0.776. The average Bonchev–Trinajstić information content (AvgIpc) is 2.32. The summed E-state index contributed by atoms with van der Waals surface area (Å²) in [7, 11) is 0. The van der Waals surface area contributed by atoms with Gasteiger partial charge in [0, 0.05) is 22.1 Å². The van der Waals surface area contributed by atoms with Crippen molar-refractivity contribution in [2.24, 2.45) is 0 Å². The Morgan fingerprint density at radius 2 is 1.95 bits per heavy atom. The molecule has 1 rings (SSSR count). The first kappa shape index (κ1) is 16.4. The number of thioether (sulfide) groups is 1. The average molecular weight is 287 g/mol. The Morgan fingerprint density at radius 1 is 1.26 bits per heavy atom. The summed E-state index contributed by atoms with van der Waals surface area (Å²) in [6.45, 7) is 9.22. The Hall–Kier alpha value is -0.610. The molecule has 0 heterocycles. The van der Waals surface area contributed by atoms with Crippen LogP contribution in [0.1, 0.15) is 45.7 Å². The van der Waals surface area contributed by atoms with E-state index in [1.165, 1.54) is 0 Å². The molecule has 1 atom stereocenters. The monoisotopic (exact) mass is 287 g/mol. The van der Waals surface area contributed by atoms with Gasteiger partial charge >= 0.3 is 0 Å². The fourth-order valence-corrected chi connectivity index (χ4v) is 2.66. The van der Waals surface area contributed by atoms with Gasteiger partial charge in [0.25, 0.3) is 0 Å². The van der Waals surface area contributed by atoms with Crippen LogP contribution in [0.4, 0.5) is 8.78 Å². The predicted octanol–water partition coefficient (Wildman–Crippen LogP) is 4.54. The van der Waals surface area contributed by atoms with Gasteiger partial charge in [-0.1, -0.05) is 39.8 Å². The second kappa shape index (κ2) is 7.25. The van der Waals surface area contributed by atoms with Crippen LogP contribution in [0.3, 0.4) is 0 Å². The Bertz CT molecular complexity index is 402. The van der Waals surface area contributed by atoms with E-state index in [-0.39, 0.29) is 10.8 Å². The van der Waals surface area contributed by atoms with Gasteiger partial charge in [-0.25, -0.2) is 8.78 Å². The molecule has 1 aromatic carbocycles. The third-order valence-corrected chi connectivity index (χ3v) is 4.05. The fourth-order valence-electron chi connectivity index (χ4n) is 1.70. The summed E-state index contributed by atoms with van der Waals surface area (Å²) >= 11 is 1.75. The molecule has 0 radical (unpaired) electrons.